The SMILES string of the molecule is Cc1c[c-]c(-c2ccc(C)cn2)cc1.[Ir].[c-]1cccc2nc3c4cc5c(cc4n4c6ccccc6nc4n3c12)oc1c5ccc2oc3ccccc3c21. The van der Waals surface area contributed by atoms with E-state index < -0.39 is 0 Å². The smallest absolute Gasteiger partial charge is 0.219 e. The van der Waals surface area contributed by atoms with Gasteiger partial charge in [-0.3, -0.25) is 13.8 Å². The minimum atomic E-state index is 0. The van der Waals surface area contributed by atoms with Gasteiger partial charge in [0.25, 0.3) is 0 Å². The number of nitrogens with zero attached hydrogens (tertiary/aromatic N) is 5. The molecule has 0 aliphatic carbocycles. The molecule has 0 fully saturated rings. The molecule has 12 rings (SSSR count). The van der Waals surface area contributed by atoms with Crippen LogP contribution >= 0.6 is 0 Å². The quantitative estimate of drug-likeness (QED) is 0.154. The first kappa shape index (κ1) is 31.4. The van der Waals surface area contributed by atoms with Crippen molar-refractivity contribution in [3.8, 4) is 11.3 Å². The predicted octanol–water partition coefficient (Wildman–Crippen LogP) is 11.2. The van der Waals surface area contributed by atoms with Crippen LogP contribution in [0, 0.1) is 26.0 Å². The van der Waals surface area contributed by atoms with Crippen LogP contribution in [-0.2, 0) is 20.1 Å². The zero-order valence-corrected chi connectivity index (χ0v) is 30.9. The summed E-state index contributed by atoms with van der Waals surface area (Å²) in [5.74, 6) is 0.803. The molecule has 0 saturated carbocycles. The molecule has 255 valence electrons. The van der Waals surface area contributed by atoms with Crippen LogP contribution in [0.15, 0.2) is 136 Å². The van der Waals surface area contributed by atoms with Crippen LogP contribution in [-0.4, -0.2) is 23.8 Å². The predicted molar refractivity (Wildman–Crippen MR) is 208 cm³/mol. The molecule has 0 amide bonds. The van der Waals surface area contributed by atoms with Crippen LogP contribution in [0.3, 0.4) is 0 Å². The van der Waals surface area contributed by atoms with Gasteiger partial charge in [0, 0.05) is 53.9 Å². The number of benzene rings is 6. The van der Waals surface area contributed by atoms with Crippen LogP contribution in [0.4, 0.5) is 0 Å². The van der Waals surface area contributed by atoms with Crippen molar-refractivity contribution in [2.75, 3.05) is 0 Å². The number of furan rings is 2. The summed E-state index contributed by atoms with van der Waals surface area (Å²) in [5.41, 5.74) is 13.4. The average molecular weight is 862 g/mol. The molecule has 53 heavy (non-hydrogen) atoms. The Kier molecular flexibility index (Phi) is 7.02. The summed E-state index contributed by atoms with van der Waals surface area (Å²) >= 11 is 0. The van der Waals surface area contributed by atoms with Gasteiger partial charge >= 0.3 is 0 Å². The van der Waals surface area contributed by atoms with Gasteiger partial charge in [-0.1, -0.05) is 49.4 Å². The Morgan fingerprint density at radius 1 is 0.604 bits per heavy atom. The van der Waals surface area contributed by atoms with Gasteiger partial charge in [0.2, 0.25) is 5.78 Å². The summed E-state index contributed by atoms with van der Waals surface area (Å²) < 4.78 is 17.1. The van der Waals surface area contributed by atoms with E-state index in [1.807, 2.05) is 92.0 Å². The minimum Gasteiger partial charge on any atom is -0.456 e. The van der Waals surface area contributed by atoms with Gasteiger partial charge in [-0.2, -0.15) is 18.2 Å². The summed E-state index contributed by atoms with van der Waals surface area (Å²) in [7, 11) is 0. The van der Waals surface area contributed by atoms with E-state index >= 15 is 0 Å². The number of aryl methyl sites for hydroxylation is 2. The first-order valence-corrected chi connectivity index (χ1v) is 17.2. The standard InChI is InChI=1S/C32H15N4O2.C13H12N.Ir/c1-6-12-26-18(7-1)29-27(37-26)14-13-17-19-15-20-25(16-28(19)38-30(17)29)35-23-10-4-3-9-22(23)34-32(35)36-24-11-5-2-8-21(24)33-31(20)36;1-10-3-6-12(7-4-10)13-8-5-11(2)9-14-13;/h1-10,12-16H;3-6,8-9H,1-2H3;/q2*-1;. The van der Waals surface area contributed by atoms with Crippen LogP contribution in [0.2, 0.25) is 0 Å². The molecule has 1 radical (unpaired) electrons. The largest absolute Gasteiger partial charge is 0.456 e. The van der Waals surface area contributed by atoms with Crippen molar-refractivity contribution in [1.29, 1.82) is 0 Å². The number of pyridine rings is 1. The van der Waals surface area contributed by atoms with E-state index in [0.29, 0.717) is 0 Å². The van der Waals surface area contributed by atoms with Gasteiger partial charge in [0.1, 0.15) is 28.0 Å². The van der Waals surface area contributed by atoms with Gasteiger partial charge in [-0.05, 0) is 65.6 Å². The molecule has 0 spiro atoms. The van der Waals surface area contributed by atoms with Gasteiger partial charge in [-0.15, -0.1) is 41.5 Å². The third-order valence-corrected chi connectivity index (χ3v) is 9.95. The van der Waals surface area contributed by atoms with Crippen LogP contribution in [0.25, 0.3) is 99.5 Å². The second kappa shape index (κ2) is 11.9. The van der Waals surface area contributed by atoms with Gasteiger partial charge < -0.3 is 13.8 Å². The topological polar surface area (TPSA) is 73.8 Å². The summed E-state index contributed by atoms with van der Waals surface area (Å²) in [6, 6.07) is 47.5. The Morgan fingerprint density at radius 2 is 1.45 bits per heavy atom. The molecular weight excluding hydrogens is 835 g/mol. The molecule has 0 unspecified atom stereocenters. The Bertz CT molecular complexity index is 3330. The third kappa shape index (κ3) is 4.73. The van der Waals surface area contributed by atoms with Crippen molar-refractivity contribution < 1.29 is 28.9 Å². The van der Waals surface area contributed by atoms with Crippen molar-refractivity contribution in [3.63, 3.8) is 0 Å². The number of aromatic nitrogens is 5. The first-order chi connectivity index (χ1) is 25.6. The third-order valence-electron chi connectivity index (χ3n) is 9.95. The number of hydrogen-bond acceptors (Lipinski definition) is 5. The van der Waals surface area contributed by atoms with Crippen LogP contribution in [0.5, 0.6) is 0 Å². The molecule has 0 aliphatic heterocycles. The van der Waals surface area contributed by atoms with E-state index in [1.165, 1.54) is 11.1 Å². The Morgan fingerprint density at radius 3 is 2.32 bits per heavy atom. The Balaban J connectivity index is 0.000000198. The number of fused-ring (bicyclic) bond motifs is 17. The number of rotatable bonds is 1. The molecule has 8 heteroatoms. The fourth-order valence-corrected chi connectivity index (χ4v) is 7.47. The molecule has 6 heterocycles. The maximum atomic E-state index is 6.62. The number of imidazole rings is 2. The molecule has 0 bridgehead atoms. The first-order valence-electron chi connectivity index (χ1n) is 17.2. The molecule has 0 saturated heterocycles. The average Bonchev–Trinajstić information content (AvgIpc) is 3.94. The van der Waals surface area contributed by atoms with Crippen molar-refractivity contribution in [2.24, 2.45) is 0 Å². The number of para-hydroxylation sites is 4. The molecular formula is C45H27IrN5O2-2. The van der Waals surface area contributed by atoms with Crippen LogP contribution < -0.4 is 0 Å². The molecule has 0 N–H and O–H groups in total. The summed E-state index contributed by atoms with van der Waals surface area (Å²) in [5, 5.41) is 5.18. The van der Waals surface area contributed by atoms with E-state index in [-0.39, 0.29) is 20.1 Å². The van der Waals surface area contributed by atoms with Crippen molar-refractivity contribution in [2.45, 2.75) is 13.8 Å². The van der Waals surface area contributed by atoms with E-state index in [4.69, 9.17) is 18.8 Å². The Hall–Kier alpha value is -6.34. The van der Waals surface area contributed by atoms with Crippen LogP contribution in [0.1, 0.15) is 11.1 Å². The fourth-order valence-electron chi connectivity index (χ4n) is 7.47. The maximum absolute atomic E-state index is 6.62. The molecule has 0 aliphatic rings. The van der Waals surface area contributed by atoms with E-state index in [0.717, 1.165) is 99.5 Å². The summed E-state index contributed by atoms with van der Waals surface area (Å²) in [6.07, 6.45) is 1.88. The van der Waals surface area contributed by atoms with E-state index in [2.05, 4.69) is 75.3 Å². The molecule has 6 aromatic heterocycles. The molecule has 6 aromatic carbocycles. The van der Waals surface area contributed by atoms with Gasteiger partial charge in [-0.25, -0.2) is 4.98 Å². The zero-order chi connectivity index (χ0) is 34.5. The van der Waals surface area contributed by atoms with Crippen molar-refractivity contribution in [1.82, 2.24) is 23.8 Å². The second-order valence-corrected chi connectivity index (χ2v) is 13.3. The fraction of sp³-hybridized carbons (Fsp3) is 0.0444. The molecule has 12 aromatic rings. The minimum absolute atomic E-state index is 0. The van der Waals surface area contributed by atoms with Crippen molar-refractivity contribution in [3.05, 3.63) is 151 Å². The van der Waals surface area contributed by atoms with E-state index in [1.54, 1.807) is 0 Å². The number of hydrogen-bond donors (Lipinski definition) is 0. The van der Waals surface area contributed by atoms with Crippen molar-refractivity contribution >= 4 is 88.3 Å². The Labute approximate surface area is 315 Å². The second-order valence-electron chi connectivity index (χ2n) is 13.3. The summed E-state index contributed by atoms with van der Waals surface area (Å²) in [4.78, 5) is 14.4. The van der Waals surface area contributed by atoms with E-state index in [9.17, 15) is 0 Å². The summed E-state index contributed by atoms with van der Waals surface area (Å²) in [6.45, 7) is 4.10. The molecule has 0 atom stereocenters. The zero-order valence-electron chi connectivity index (χ0n) is 28.5. The molecule has 7 nitrogen and oxygen atoms in total. The van der Waals surface area contributed by atoms with Gasteiger partial charge in [0.05, 0.1) is 21.9 Å². The normalized spacial score (nSPS) is 11.8. The monoisotopic (exact) mass is 862 g/mol. The van der Waals surface area contributed by atoms with Gasteiger partial charge in [0.15, 0.2) is 0 Å². The maximum Gasteiger partial charge on any atom is 0.219 e.